The first-order valence-electron chi connectivity index (χ1n) is 7.25. The number of fused-ring (bicyclic) bond motifs is 1. The van der Waals surface area contributed by atoms with Crippen molar-refractivity contribution in [2.45, 2.75) is 25.6 Å². The average Bonchev–Trinajstić information content (AvgIpc) is 2.95. The van der Waals surface area contributed by atoms with Crippen LogP contribution < -0.4 is 0 Å². The molecule has 0 saturated heterocycles. The van der Waals surface area contributed by atoms with E-state index in [0.29, 0.717) is 13.1 Å². The number of aromatic nitrogens is 2. The summed E-state index contributed by atoms with van der Waals surface area (Å²) in [5.74, 6) is -0.195. The highest BCUT2D eigenvalue weighted by atomic mass is 16.6. The summed E-state index contributed by atoms with van der Waals surface area (Å²) in [6.45, 7) is 2.59. The third kappa shape index (κ3) is 3.32. The SMILES string of the molecule is O=[N+]([O-])c1cn(CC(O)CN2CCc3ccccc3C2)cn1. The van der Waals surface area contributed by atoms with Crippen LogP contribution in [0.1, 0.15) is 11.1 Å². The lowest BCUT2D eigenvalue weighted by Gasteiger charge is -2.30. The van der Waals surface area contributed by atoms with Crippen LogP contribution in [0.2, 0.25) is 0 Å². The third-order valence-corrected chi connectivity index (χ3v) is 3.91. The van der Waals surface area contributed by atoms with E-state index in [9.17, 15) is 15.2 Å². The van der Waals surface area contributed by atoms with Gasteiger partial charge in [0.15, 0.2) is 0 Å². The first-order chi connectivity index (χ1) is 10.6. The Morgan fingerprint density at radius 2 is 2.09 bits per heavy atom. The van der Waals surface area contributed by atoms with E-state index in [2.05, 4.69) is 28.1 Å². The second-order valence-electron chi connectivity index (χ2n) is 5.59. The van der Waals surface area contributed by atoms with Gasteiger partial charge in [-0.15, -0.1) is 0 Å². The normalized spacial score (nSPS) is 16.2. The number of β-amino-alcohol motifs (C(OH)–C–C–N with tert-alkyl or cyclic N) is 1. The molecule has 3 rings (SSSR count). The zero-order valence-electron chi connectivity index (χ0n) is 12.1. The Balaban J connectivity index is 1.56. The molecule has 7 nitrogen and oxygen atoms in total. The van der Waals surface area contributed by atoms with Crippen LogP contribution in [0.3, 0.4) is 0 Å². The van der Waals surface area contributed by atoms with Gasteiger partial charge in [-0.05, 0) is 27.5 Å². The number of hydrogen-bond acceptors (Lipinski definition) is 5. The van der Waals surface area contributed by atoms with E-state index < -0.39 is 11.0 Å². The van der Waals surface area contributed by atoms with Crippen LogP contribution in [0.5, 0.6) is 0 Å². The Kier molecular flexibility index (Phi) is 4.17. The molecule has 7 heteroatoms. The van der Waals surface area contributed by atoms with Gasteiger partial charge in [0, 0.05) is 19.6 Å². The quantitative estimate of drug-likeness (QED) is 0.663. The maximum Gasteiger partial charge on any atom is 0.381 e. The summed E-state index contributed by atoms with van der Waals surface area (Å²) in [4.78, 5) is 15.9. The molecule has 0 saturated carbocycles. The summed E-state index contributed by atoms with van der Waals surface area (Å²) >= 11 is 0. The molecule has 1 aliphatic heterocycles. The molecule has 2 aromatic rings. The first kappa shape index (κ1) is 14.7. The number of imidazole rings is 1. The second-order valence-corrected chi connectivity index (χ2v) is 5.59. The molecule has 0 spiro atoms. The van der Waals surface area contributed by atoms with Crippen molar-refractivity contribution < 1.29 is 10.0 Å². The predicted octanol–water partition coefficient (Wildman–Crippen LogP) is 1.21. The monoisotopic (exact) mass is 302 g/mol. The van der Waals surface area contributed by atoms with Crippen molar-refractivity contribution in [2.75, 3.05) is 13.1 Å². The molecule has 1 unspecified atom stereocenters. The summed E-state index contributed by atoms with van der Waals surface area (Å²) in [7, 11) is 0. The van der Waals surface area contributed by atoms with Gasteiger partial charge in [-0.2, -0.15) is 0 Å². The number of rotatable bonds is 5. The minimum absolute atomic E-state index is 0.195. The highest BCUT2D eigenvalue weighted by Gasteiger charge is 2.19. The summed E-state index contributed by atoms with van der Waals surface area (Å²) < 4.78 is 1.56. The predicted molar refractivity (Wildman–Crippen MR) is 80.3 cm³/mol. The van der Waals surface area contributed by atoms with E-state index in [1.165, 1.54) is 23.7 Å². The van der Waals surface area contributed by atoms with Crippen LogP contribution >= 0.6 is 0 Å². The standard InChI is InChI=1S/C15H18N4O3/c20-14(9-18-10-15(16-11-18)19(21)22)8-17-6-5-12-3-1-2-4-13(12)7-17/h1-4,10-11,14,20H,5-9H2. The Hall–Kier alpha value is -2.25. The van der Waals surface area contributed by atoms with Crippen LogP contribution in [0.25, 0.3) is 0 Å². The van der Waals surface area contributed by atoms with Crippen molar-refractivity contribution in [3.8, 4) is 0 Å². The smallest absolute Gasteiger partial charge is 0.381 e. The van der Waals surface area contributed by atoms with E-state index in [-0.39, 0.29) is 5.82 Å². The van der Waals surface area contributed by atoms with Crippen molar-refractivity contribution in [3.63, 3.8) is 0 Å². The van der Waals surface area contributed by atoms with Crippen LogP contribution in [0.4, 0.5) is 5.82 Å². The summed E-state index contributed by atoms with van der Waals surface area (Å²) in [6, 6.07) is 8.35. The van der Waals surface area contributed by atoms with E-state index in [1.807, 2.05) is 6.07 Å². The number of aliphatic hydroxyl groups excluding tert-OH is 1. The fourth-order valence-corrected chi connectivity index (χ4v) is 2.85. The maximum absolute atomic E-state index is 10.6. The van der Waals surface area contributed by atoms with Gasteiger partial charge in [-0.1, -0.05) is 24.3 Å². The van der Waals surface area contributed by atoms with Crippen molar-refractivity contribution in [1.29, 1.82) is 0 Å². The zero-order valence-corrected chi connectivity index (χ0v) is 12.1. The molecule has 1 aromatic carbocycles. The van der Waals surface area contributed by atoms with Crippen molar-refractivity contribution >= 4 is 5.82 Å². The van der Waals surface area contributed by atoms with Crippen LogP contribution in [-0.4, -0.2) is 43.7 Å². The minimum Gasteiger partial charge on any atom is -0.390 e. The molecular formula is C15H18N4O3. The van der Waals surface area contributed by atoms with E-state index in [0.717, 1.165) is 19.5 Å². The fraction of sp³-hybridized carbons (Fsp3) is 0.400. The average molecular weight is 302 g/mol. The first-order valence-corrected chi connectivity index (χ1v) is 7.25. The lowest BCUT2D eigenvalue weighted by atomic mass is 10.00. The van der Waals surface area contributed by atoms with Crippen molar-refractivity contribution in [2.24, 2.45) is 0 Å². The molecule has 22 heavy (non-hydrogen) atoms. The number of aliphatic hydroxyl groups is 1. The molecule has 2 heterocycles. The fourth-order valence-electron chi connectivity index (χ4n) is 2.85. The summed E-state index contributed by atoms with van der Waals surface area (Å²) in [5, 5.41) is 20.8. The van der Waals surface area contributed by atoms with Gasteiger partial charge in [0.05, 0.1) is 12.6 Å². The minimum atomic E-state index is -0.584. The zero-order chi connectivity index (χ0) is 15.5. The summed E-state index contributed by atoms with van der Waals surface area (Å²) in [6.07, 6.45) is 3.13. The van der Waals surface area contributed by atoms with Gasteiger partial charge in [-0.25, -0.2) is 0 Å². The van der Waals surface area contributed by atoms with Gasteiger partial charge in [0.1, 0.15) is 6.20 Å². The van der Waals surface area contributed by atoms with Crippen molar-refractivity contribution in [3.05, 3.63) is 58.0 Å². The molecule has 0 aliphatic carbocycles. The highest BCUT2D eigenvalue weighted by molar-refractivity contribution is 5.29. The van der Waals surface area contributed by atoms with Gasteiger partial charge < -0.3 is 19.8 Å². The molecule has 116 valence electrons. The van der Waals surface area contributed by atoms with Gasteiger partial charge >= 0.3 is 5.82 Å². The summed E-state index contributed by atoms with van der Waals surface area (Å²) in [5.41, 5.74) is 2.68. The Labute approximate surface area is 128 Å². The Morgan fingerprint density at radius 3 is 2.82 bits per heavy atom. The number of nitro groups is 1. The third-order valence-electron chi connectivity index (χ3n) is 3.91. The van der Waals surface area contributed by atoms with Crippen molar-refractivity contribution in [1.82, 2.24) is 14.5 Å². The molecule has 0 bridgehead atoms. The van der Waals surface area contributed by atoms with E-state index in [4.69, 9.17) is 0 Å². The number of benzene rings is 1. The van der Waals surface area contributed by atoms with Gasteiger partial charge in [-0.3, -0.25) is 4.90 Å². The largest absolute Gasteiger partial charge is 0.390 e. The topological polar surface area (TPSA) is 84.4 Å². The van der Waals surface area contributed by atoms with Gasteiger partial charge in [0.25, 0.3) is 0 Å². The molecular weight excluding hydrogens is 284 g/mol. The number of nitrogens with zero attached hydrogens (tertiary/aromatic N) is 4. The Morgan fingerprint density at radius 1 is 1.32 bits per heavy atom. The Bertz CT molecular complexity index is 670. The second kappa shape index (κ2) is 6.25. The van der Waals surface area contributed by atoms with Gasteiger partial charge in [0.2, 0.25) is 6.33 Å². The molecule has 0 amide bonds. The van der Waals surface area contributed by atoms with Crippen LogP contribution in [0, 0.1) is 10.1 Å². The molecule has 1 aliphatic rings. The number of hydrogen-bond donors (Lipinski definition) is 1. The van der Waals surface area contributed by atoms with E-state index >= 15 is 0 Å². The maximum atomic E-state index is 10.6. The van der Waals surface area contributed by atoms with Crippen LogP contribution in [-0.2, 0) is 19.5 Å². The molecule has 1 aromatic heterocycles. The molecule has 1 atom stereocenters. The molecule has 0 fully saturated rings. The molecule has 0 radical (unpaired) electrons. The van der Waals surface area contributed by atoms with E-state index in [1.54, 1.807) is 4.57 Å². The molecule has 1 N–H and O–H groups in total. The van der Waals surface area contributed by atoms with Crippen LogP contribution in [0.15, 0.2) is 36.8 Å². The lowest BCUT2D eigenvalue weighted by Crippen LogP contribution is -2.38. The highest BCUT2D eigenvalue weighted by Crippen LogP contribution is 2.18. The lowest BCUT2D eigenvalue weighted by molar-refractivity contribution is -0.389.